The summed E-state index contributed by atoms with van der Waals surface area (Å²) in [7, 11) is 0. The van der Waals surface area contributed by atoms with E-state index in [0.29, 0.717) is 12.2 Å². The second kappa shape index (κ2) is 7.23. The molecule has 1 aliphatic rings. The number of rotatable bonds is 4. The maximum absolute atomic E-state index is 13.0. The standard InChI is InChI=1S/C17H18ClFN4O2/c1-11-9-16-22(7-2-8-23(16)21-11)17(25)6-5-15(24)20-14-4-3-12(19)10-13(14)18/h3-4,9-10H,2,5-8H2,1H3,(H,20,24). The van der Waals surface area contributed by atoms with Crippen molar-refractivity contribution < 1.29 is 14.0 Å². The highest BCUT2D eigenvalue weighted by atomic mass is 35.5. The zero-order chi connectivity index (χ0) is 18.0. The molecule has 1 aliphatic heterocycles. The first-order chi connectivity index (χ1) is 11.9. The van der Waals surface area contributed by atoms with Crippen LogP contribution in [0.4, 0.5) is 15.9 Å². The van der Waals surface area contributed by atoms with Gasteiger partial charge in [-0.1, -0.05) is 11.6 Å². The van der Waals surface area contributed by atoms with Gasteiger partial charge in [0.2, 0.25) is 11.8 Å². The van der Waals surface area contributed by atoms with Crippen molar-refractivity contribution in [3.8, 4) is 0 Å². The molecule has 0 unspecified atom stereocenters. The SMILES string of the molecule is Cc1cc2n(n1)CCCN2C(=O)CCC(=O)Nc1ccc(F)cc1Cl. The van der Waals surface area contributed by atoms with Crippen molar-refractivity contribution >= 4 is 34.9 Å². The number of benzene rings is 1. The number of fused-ring (bicyclic) bond motifs is 1. The minimum atomic E-state index is -0.477. The minimum Gasteiger partial charge on any atom is -0.325 e. The van der Waals surface area contributed by atoms with Gasteiger partial charge in [-0.05, 0) is 31.5 Å². The fourth-order valence-corrected chi connectivity index (χ4v) is 3.03. The number of hydrogen-bond donors (Lipinski definition) is 1. The fourth-order valence-electron chi connectivity index (χ4n) is 2.82. The van der Waals surface area contributed by atoms with Crippen LogP contribution in [-0.2, 0) is 16.1 Å². The Kier molecular flexibility index (Phi) is 5.03. The van der Waals surface area contributed by atoms with E-state index >= 15 is 0 Å². The smallest absolute Gasteiger partial charge is 0.228 e. The van der Waals surface area contributed by atoms with Crippen LogP contribution in [0.25, 0.3) is 0 Å². The normalized spacial score (nSPS) is 13.5. The summed E-state index contributed by atoms with van der Waals surface area (Å²) >= 11 is 5.88. The molecule has 1 N–H and O–H groups in total. The predicted molar refractivity (Wildman–Crippen MR) is 93.2 cm³/mol. The number of nitrogens with zero attached hydrogens (tertiary/aromatic N) is 3. The molecule has 6 nitrogen and oxygen atoms in total. The number of carbonyl (C=O) groups is 2. The first-order valence-electron chi connectivity index (χ1n) is 8.04. The Balaban J connectivity index is 1.58. The van der Waals surface area contributed by atoms with Gasteiger partial charge in [0.25, 0.3) is 0 Å². The molecular weight excluding hydrogens is 347 g/mol. The summed E-state index contributed by atoms with van der Waals surface area (Å²) in [6.45, 7) is 3.29. The van der Waals surface area contributed by atoms with Gasteiger partial charge >= 0.3 is 0 Å². The Morgan fingerprint density at radius 1 is 1.28 bits per heavy atom. The van der Waals surface area contributed by atoms with Crippen LogP contribution >= 0.6 is 11.6 Å². The number of amides is 2. The zero-order valence-corrected chi connectivity index (χ0v) is 14.5. The number of aryl methyl sites for hydroxylation is 2. The van der Waals surface area contributed by atoms with Crippen molar-refractivity contribution in [2.24, 2.45) is 0 Å². The number of halogens is 2. The van der Waals surface area contributed by atoms with Crippen LogP contribution in [0.2, 0.25) is 5.02 Å². The molecule has 25 heavy (non-hydrogen) atoms. The largest absolute Gasteiger partial charge is 0.325 e. The molecule has 0 radical (unpaired) electrons. The third kappa shape index (κ3) is 3.99. The van der Waals surface area contributed by atoms with Crippen molar-refractivity contribution in [2.45, 2.75) is 32.7 Å². The van der Waals surface area contributed by atoms with Crippen molar-refractivity contribution in [1.82, 2.24) is 9.78 Å². The van der Waals surface area contributed by atoms with Crippen LogP contribution in [0.1, 0.15) is 25.0 Å². The molecule has 0 bridgehead atoms. The average Bonchev–Trinajstić information content (AvgIpc) is 2.95. The lowest BCUT2D eigenvalue weighted by Gasteiger charge is -2.27. The summed E-state index contributed by atoms with van der Waals surface area (Å²) in [6.07, 6.45) is 0.933. The summed E-state index contributed by atoms with van der Waals surface area (Å²) in [6, 6.07) is 5.60. The molecule has 2 amide bonds. The second-order valence-corrected chi connectivity index (χ2v) is 6.35. The minimum absolute atomic E-state index is 0.0240. The Hall–Kier alpha value is -2.41. The molecule has 0 saturated heterocycles. The zero-order valence-electron chi connectivity index (χ0n) is 13.8. The van der Waals surface area contributed by atoms with Crippen LogP contribution < -0.4 is 10.2 Å². The second-order valence-electron chi connectivity index (χ2n) is 5.94. The summed E-state index contributed by atoms with van der Waals surface area (Å²) in [5.74, 6) is -0.171. The van der Waals surface area contributed by atoms with Crippen molar-refractivity contribution in [1.29, 1.82) is 0 Å². The molecule has 3 rings (SSSR count). The maximum Gasteiger partial charge on any atom is 0.228 e. The van der Waals surface area contributed by atoms with E-state index in [1.807, 2.05) is 17.7 Å². The number of carbonyl (C=O) groups excluding carboxylic acids is 2. The highest BCUT2D eigenvalue weighted by Crippen LogP contribution is 2.24. The van der Waals surface area contributed by atoms with Crippen LogP contribution in [0.15, 0.2) is 24.3 Å². The topological polar surface area (TPSA) is 67.2 Å². The van der Waals surface area contributed by atoms with Crippen LogP contribution in [0.5, 0.6) is 0 Å². The quantitative estimate of drug-likeness (QED) is 0.906. The van der Waals surface area contributed by atoms with Gasteiger partial charge in [0, 0.05) is 32.0 Å². The Morgan fingerprint density at radius 3 is 2.84 bits per heavy atom. The third-order valence-electron chi connectivity index (χ3n) is 3.98. The molecule has 0 saturated carbocycles. The van der Waals surface area contributed by atoms with E-state index < -0.39 is 5.82 Å². The summed E-state index contributed by atoms with van der Waals surface area (Å²) in [5.41, 5.74) is 1.19. The van der Waals surface area contributed by atoms with E-state index in [1.165, 1.54) is 12.1 Å². The van der Waals surface area contributed by atoms with Gasteiger partial charge in [-0.25, -0.2) is 9.07 Å². The van der Waals surface area contributed by atoms with Crippen LogP contribution in [0.3, 0.4) is 0 Å². The first kappa shape index (κ1) is 17.4. The molecule has 0 atom stereocenters. The van der Waals surface area contributed by atoms with E-state index in [4.69, 9.17) is 11.6 Å². The summed E-state index contributed by atoms with van der Waals surface area (Å²) in [5, 5.41) is 7.06. The molecule has 2 heterocycles. The van der Waals surface area contributed by atoms with Gasteiger partial charge in [0.15, 0.2) is 0 Å². The number of nitrogens with one attached hydrogen (secondary N) is 1. The molecule has 2 aromatic rings. The summed E-state index contributed by atoms with van der Waals surface area (Å²) in [4.78, 5) is 26.2. The predicted octanol–water partition coefficient (Wildman–Crippen LogP) is 3.14. The molecule has 0 aliphatic carbocycles. The number of aromatic nitrogens is 2. The van der Waals surface area contributed by atoms with E-state index in [9.17, 15) is 14.0 Å². The lowest BCUT2D eigenvalue weighted by atomic mass is 10.2. The van der Waals surface area contributed by atoms with Crippen molar-refractivity contribution in [3.63, 3.8) is 0 Å². The molecule has 0 fully saturated rings. The number of hydrogen-bond acceptors (Lipinski definition) is 3. The Bertz CT molecular complexity index is 821. The van der Waals surface area contributed by atoms with E-state index in [-0.39, 0.29) is 29.7 Å². The van der Waals surface area contributed by atoms with E-state index in [1.54, 1.807) is 4.90 Å². The molecule has 1 aromatic heterocycles. The Morgan fingerprint density at radius 2 is 2.08 bits per heavy atom. The van der Waals surface area contributed by atoms with Gasteiger partial charge in [-0.2, -0.15) is 5.10 Å². The summed E-state index contributed by atoms with van der Waals surface area (Å²) < 4.78 is 14.8. The van der Waals surface area contributed by atoms with Gasteiger partial charge in [0.1, 0.15) is 11.6 Å². The van der Waals surface area contributed by atoms with Crippen molar-refractivity contribution in [2.75, 3.05) is 16.8 Å². The van der Waals surface area contributed by atoms with Crippen LogP contribution in [0, 0.1) is 12.7 Å². The van der Waals surface area contributed by atoms with Crippen molar-refractivity contribution in [3.05, 3.63) is 40.8 Å². The van der Waals surface area contributed by atoms with E-state index in [0.717, 1.165) is 30.5 Å². The highest BCUT2D eigenvalue weighted by molar-refractivity contribution is 6.33. The monoisotopic (exact) mass is 364 g/mol. The average molecular weight is 365 g/mol. The maximum atomic E-state index is 13.0. The van der Waals surface area contributed by atoms with Gasteiger partial charge < -0.3 is 5.32 Å². The highest BCUT2D eigenvalue weighted by Gasteiger charge is 2.24. The molecular formula is C17H18ClFN4O2. The molecule has 0 spiro atoms. The lowest BCUT2D eigenvalue weighted by molar-refractivity contribution is -0.122. The Labute approximate surface area is 149 Å². The molecule has 1 aromatic carbocycles. The van der Waals surface area contributed by atoms with Gasteiger partial charge in [-0.3, -0.25) is 14.5 Å². The van der Waals surface area contributed by atoms with Gasteiger partial charge in [0.05, 0.1) is 16.4 Å². The molecule has 132 valence electrons. The van der Waals surface area contributed by atoms with Crippen LogP contribution in [-0.4, -0.2) is 28.1 Å². The first-order valence-corrected chi connectivity index (χ1v) is 8.41. The molecule has 8 heteroatoms. The number of anilines is 2. The van der Waals surface area contributed by atoms with Gasteiger partial charge in [-0.15, -0.1) is 0 Å². The third-order valence-corrected chi connectivity index (χ3v) is 4.29. The lowest BCUT2D eigenvalue weighted by Crippen LogP contribution is -2.37. The van der Waals surface area contributed by atoms with E-state index in [2.05, 4.69) is 10.4 Å². The fraction of sp³-hybridized carbons (Fsp3) is 0.353.